The molecule has 4 nitrogen and oxygen atoms in total. The number of ether oxygens (including phenoxy) is 1. The fraction of sp³-hybridized carbons (Fsp3) is 0.308. The lowest BCUT2D eigenvalue weighted by atomic mass is 10.1. The molecule has 0 spiro atoms. The molecule has 0 aliphatic carbocycles. The van der Waals surface area contributed by atoms with E-state index in [0.29, 0.717) is 18.8 Å². The molecule has 0 aliphatic heterocycles. The monoisotopic (exact) mass is 234 g/mol. The standard InChI is InChI=1S/C13H18N2O2/c1-2-8-17-9-7-15-10-11-3-5-12(6-4-11)13(14)16/h2-6,15H,1,7-10H2,(H2,14,16). The molecule has 0 fully saturated rings. The fourth-order valence-electron chi connectivity index (χ4n) is 1.33. The van der Waals surface area contributed by atoms with Crippen LogP contribution in [0.4, 0.5) is 0 Å². The minimum absolute atomic E-state index is 0.401. The van der Waals surface area contributed by atoms with Crippen LogP contribution in [0.25, 0.3) is 0 Å². The number of carbonyl (C=O) groups excluding carboxylic acids is 1. The normalized spacial score (nSPS) is 10.1. The average Bonchev–Trinajstić information content (AvgIpc) is 2.34. The molecule has 1 amide bonds. The Morgan fingerprint density at radius 1 is 1.41 bits per heavy atom. The van der Waals surface area contributed by atoms with Gasteiger partial charge in [-0.1, -0.05) is 18.2 Å². The van der Waals surface area contributed by atoms with Crippen LogP contribution in [0, 0.1) is 0 Å². The van der Waals surface area contributed by atoms with Gasteiger partial charge in [0.25, 0.3) is 0 Å². The summed E-state index contributed by atoms with van der Waals surface area (Å²) >= 11 is 0. The summed E-state index contributed by atoms with van der Waals surface area (Å²) in [6.07, 6.45) is 1.72. The highest BCUT2D eigenvalue weighted by molar-refractivity contribution is 5.92. The predicted octanol–water partition coefficient (Wildman–Crippen LogP) is 1.08. The van der Waals surface area contributed by atoms with Crippen molar-refractivity contribution in [2.75, 3.05) is 19.8 Å². The van der Waals surface area contributed by atoms with E-state index in [0.717, 1.165) is 18.7 Å². The van der Waals surface area contributed by atoms with Gasteiger partial charge in [0.15, 0.2) is 0 Å². The smallest absolute Gasteiger partial charge is 0.248 e. The van der Waals surface area contributed by atoms with Gasteiger partial charge in [-0.15, -0.1) is 6.58 Å². The zero-order valence-electron chi connectivity index (χ0n) is 9.82. The fourth-order valence-corrected chi connectivity index (χ4v) is 1.33. The van der Waals surface area contributed by atoms with Crippen LogP contribution in [0.15, 0.2) is 36.9 Å². The second-order valence-corrected chi connectivity index (χ2v) is 3.60. The topological polar surface area (TPSA) is 64.3 Å². The molecule has 92 valence electrons. The molecule has 3 N–H and O–H groups in total. The Balaban J connectivity index is 2.23. The number of primary amides is 1. The van der Waals surface area contributed by atoms with Gasteiger partial charge < -0.3 is 15.8 Å². The van der Waals surface area contributed by atoms with E-state index < -0.39 is 5.91 Å². The number of nitrogens with two attached hydrogens (primary N) is 1. The Bertz CT molecular complexity index is 360. The van der Waals surface area contributed by atoms with E-state index in [4.69, 9.17) is 10.5 Å². The van der Waals surface area contributed by atoms with Crippen molar-refractivity contribution in [1.29, 1.82) is 0 Å². The van der Waals surface area contributed by atoms with Gasteiger partial charge in [0.05, 0.1) is 13.2 Å². The summed E-state index contributed by atoms with van der Waals surface area (Å²) in [6, 6.07) is 7.23. The third-order valence-corrected chi connectivity index (χ3v) is 2.23. The lowest BCUT2D eigenvalue weighted by Crippen LogP contribution is -2.19. The Morgan fingerprint density at radius 2 is 2.12 bits per heavy atom. The number of hydrogen-bond acceptors (Lipinski definition) is 3. The van der Waals surface area contributed by atoms with Gasteiger partial charge in [-0.25, -0.2) is 0 Å². The largest absolute Gasteiger partial charge is 0.376 e. The molecule has 0 atom stereocenters. The van der Waals surface area contributed by atoms with Crippen molar-refractivity contribution in [3.8, 4) is 0 Å². The summed E-state index contributed by atoms with van der Waals surface area (Å²) in [5.41, 5.74) is 6.79. The molecule has 0 aromatic heterocycles. The van der Waals surface area contributed by atoms with Crippen LogP contribution in [0.2, 0.25) is 0 Å². The first-order valence-electron chi connectivity index (χ1n) is 5.52. The molecular weight excluding hydrogens is 216 g/mol. The molecule has 1 aromatic rings. The number of amides is 1. The maximum absolute atomic E-state index is 10.9. The van der Waals surface area contributed by atoms with Crippen LogP contribution < -0.4 is 11.1 Å². The molecule has 0 saturated heterocycles. The van der Waals surface area contributed by atoms with Crippen molar-refractivity contribution in [1.82, 2.24) is 5.32 Å². The van der Waals surface area contributed by atoms with Gasteiger partial charge in [-0.05, 0) is 17.7 Å². The highest BCUT2D eigenvalue weighted by Crippen LogP contribution is 2.03. The van der Waals surface area contributed by atoms with E-state index in [1.165, 1.54) is 0 Å². The zero-order valence-corrected chi connectivity index (χ0v) is 9.82. The third kappa shape index (κ3) is 5.29. The SMILES string of the molecule is C=CCOCCNCc1ccc(C(N)=O)cc1. The predicted molar refractivity (Wildman–Crippen MR) is 67.7 cm³/mol. The van der Waals surface area contributed by atoms with E-state index in [2.05, 4.69) is 11.9 Å². The van der Waals surface area contributed by atoms with Gasteiger partial charge in [0.2, 0.25) is 5.91 Å². The zero-order chi connectivity index (χ0) is 12.5. The first kappa shape index (κ1) is 13.4. The number of hydrogen-bond donors (Lipinski definition) is 2. The maximum atomic E-state index is 10.9. The van der Waals surface area contributed by atoms with E-state index in [1.54, 1.807) is 18.2 Å². The van der Waals surface area contributed by atoms with E-state index in [-0.39, 0.29) is 0 Å². The van der Waals surface area contributed by atoms with E-state index in [9.17, 15) is 4.79 Å². The molecule has 1 rings (SSSR count). The van der Waals surface area contributed by atoms with Crippen LogP contribution in [0.1, 0.15) is 15.9 Å². The van der Waals surface area contributed by atoms with Crippen molar-refractivity contribution in [3.05, 3.63) is 48.0 Å². The minimum atomic E-state index is -0.401. The first-order chi connectivity index (χ1) is 8.24. The van der Waals surface area contributed by atoms with Crippen molar-refractivity contribution in [2.45, 2.75) is 6.54 Å². The molecule has 0 heterocycles. The highest BCUT2D eigenvalue weighted by Gasteiger charge is 1.99. The quantitative estimate of drug-likeness (QED) is 0.522. The molecular formula is C13H18N2O2. The molecule has 0 bridgehead atoms. The Labute approximate surface area is 101 Å². The molecule has 17 heavy (non-hydrogen) atoms. The van der Waals surface area contributed by atoms with Gasteiger partial charge in [0, 0.05) is 18.7 Å². The first-order valence-corrected chi connectivity index (χ1v) is 5.52. The maximum Gasteiger partial charge on any atom is 0.248 e. The van der Waals surface area contributed by atoms with Crippen LogP contribution in [-0.2, 0) is 11.3 Å². The molecule has 0 unspecified atom stereocenters. The van der Waals surface area contributed by atoms with Crippen LogP contribution in [0.5, 0.6) is 0 Å². The molecule has 0 radical (unpaired) electrons. The second kappa shape index (κ2) is 7.60. The summed E-state index contributed by atoms with van der Waals surface area (Å²) in [5, 5.41) is 3.23. The van der Waals surface area contributed by atoms with E-state index >= 15 is 0 Å². The van der Waals surface area contributed by atoms with Crippen LogP contribution in [0.3, 0.4) is 0 Å². The van der Waals surface area contributed by atoms with Crippen LogP contribution in [-0.4, -0.2) is 25.7 Å². The summed E-state index contributed by atoms with van der Waals surface area (Å²) in [4.78, 5) is 10.9. The van der Waals surface area contributed by atoms with Crippen LogP contribution >= 0.6 is 0 Å². The molecule has 0 aliphatic rings. The van der Waals surface area contributed by atoms with Gasteiger partial charge in [0.1, 0.15) is 0 Å². The van der Waals surface area contributed by atoms with E-state index in [1.807, 2.05) is 12.1 Å². The summed E-state index contributed by atoms with van der Waals surface area (Å²) in [7, 11) is 0. The minimum Gasteiger partial charge on any atom is -0.376 e. The average molecular weight is 234 g/mol. The Kier molecular flexibility index (Phi) is 5.99. The molecule has 1 aromatic carbocycles. The second-order valence-electron chi connectivity index (χ2n) is 3.60. The van der Waals surface area contributed by atoms with Crippen molar-refractivity contribution in [2.24, 2.45) is 5.73 Å². The molecule has 4 heteroatoms. The van der Waals surface area contributed by atoms with Crippen molar-refractivity contribution < 1.29 is 9.53 Å². The summed E-state index contributed by atoms with van der Waals surface area (Å²) in [6.45, 7) is 6.33. The lowest BCUT2D eigenvalue weighted by molar-refractivity contribution is 0.100. The lowest BCUT2D eigenvalue weighted by Gasteiger charge is -2.05. The van der Waals surface area contributed by atoms with Crippen molar-refractivity contribution in [3.63, 3.8) is 0 Å². The summed E-state index contributed by atoms with van der Waals surface area (Å²) in [5.74, 6) is -0.401. The van der Waals surface area contributed by atoms with Gasteiger partial charge in [-0.2, -0.15) is 0 Å². The number of carbonyl (C=O) groups is 1. The van der Waals surface area contributed by atoms with Gasteiger partial charge >= 0.3 is 0 Å². The number of benzene rings is 1. The van der Waals surface area contributed by atoms with Gasteiger partial charge in [-0.3, -0.25) is 4.79 Å². The third-order valence-electron chi connectivity index (χ3n) is 2.23. The molecule has 0 saturated carbocycles. The Morgan fingerprint density at radius 3 is 2.71 bits per heavy atom. The Hall–Kier alpha value is -1.65. The highest BCUT2D eigenvalue weighted by atomic mass is 16.5. The number of rotatable bonds is 8. The van der Waals surface area contributed by atoms with Crippen molar-refractivity contribution >= 4 is 5.91 Å². The number of nitrogens with one attached hydrogen (secondary N) is 1. The summed E-state index contributed by atoms with van der Waals surface area (Å²) < 4.78 is 5.23.